The molecule has 120 valence electrons. The first kappa shape index (κ1) is 16.3. The van der Waals surface area contributed by atoms with Gasteiger partial charge in [-0.3, -0.25) is 9.59 Å². The number of rotatable bonds is 7. The number of hydrogen-bond acceptors (Lipinski definition) is 4. The van der Waals surface area contributed by atoms with Crippen LogP contribution >= 0.6 is 0 Å². The van der Waals surface area contributed by atoms with Gasteiger partial charge >= 0.3 is 5.97 Å². The maximum atomic E-state index is 11.9. The van der Waals surface area contributed by atoms with E-state index in [0.29, 0.717) is 37.0 Å². The van der Waals surface area contributed by atoms with Gasteiger partial charge in [-0.2, -0.15) is 0 Å². The fourth-order valence-corrected chi connectivity index (χ4v) is 2.33. The van der Waals surface area contributed by atoms with Gasteiger partial charge in [0.05, 0.1) is 7.11 Å². The Morgan fingerprint density at radius 1 is 1.45 bits per heavy atom. The molecule has 2 rings (SSSR count). The van der Waals surface area contributed by atoms with E-state index in [2.05, 4.69) is 11.7 Å². The Morgan fingerprint density at radius 2 is 2.18 bits per heavy atom. The van der Waals surface area contributed by atoms with Gasteiger partial charge in [0.25, 0.3) is 0 Å². The van der Waals surface area contributed by atoms with Crippen molar-refractivity contribution in [1.29, 1.82) is 0 Å². The summed E-state index contributed by atoms with van der Waals surface area (Å²) in [7, 11) is 3.07. The Balaban J connectivity index is 1.77. The minimum Gasteiger partial charge on any atom is -0.469 e. The monoisotopic (exact) mass is 305 g/mol. The molecule has 1 aliphatic rings. The van der Waals surface area contributed by atoms with Gasteiger partial charge < -0.3 is 14.1 Å². The molecule has 0 aromatic carbocycles. The second-order valence-corrected chi connectivity index (χ2v) is 5.83. The lowest BCUT2D eigenvalue weighted by Gasteiger charge is -2.14. The highest BCUT2D eigenvalue weighted by molar-refractivity contribution is 5.91. The van der Waals surface area contributed by atoms with E-state index in [4.69, 9.17) is 4.42 Å². The summed E-state index contributed by atoms with van der Waals surface area (Å²) in [5.41, 5.74) is 0. The van der Waals surface area contributed by atoms with E-state index >= 15 is 0 Å². The Labute approximate surface area is 130 Å². The van der Waals surface area contributed by atoms with Crippen LogP contribution < -0.4 is 0 Å². The summed E-state index contributed by atoms with van der Waals surface area (Å²) in [6.45, 7) is 2.72. The first-order chi connectivity index (χ1) is 10.5. The zero-order valence-corrected chi connectivity index (χ0v) is 13.4. The van der Waals surface area contributed by atoms with Crippen LogP contribution in [0.4, 0.5) is 0 Å². The maximum Gasteiger partial charge on any atom is 0.305 e. The number of hydrogen-bond donors (Lipinski definition) is 0. The molecule has 5 heteroatoms. The molecule has 1 aromatic rings. The number of likely N-dealkylation sites (N-methyl/N-ethyl adjacent to an activating group) is 1. The third-order valence-electron chi connectivity index (χ3n) is 3.99. The highest BCUT2D eigenvalue weighted by Gasteiger charge is 2.36. The van der Waals surface area contributed by atoms with Crippen LogP contribution in [0.2, 0.25) is 0 Å². The molecule has 2 atom stereocenters. The molecule has 2 unspecified atom stereocenters. The molecule has 0 saturated heterocycles. The largest absolute Gasteiger partial charge is 0.469 e. The zero-order valence-electron chi connectivity index (χ0n) is 13.4. The molecule has 5 nitrogen and oxygen atoms in total. The molecule has 1 heterocycles. The first-order valence-electron chi connectivity index (χ1n) is 7.61. The van der Waals surface area contributed by atoms with E-state index in [1.54, 1.807) is 18.0 Å². The lowest BCUT2D eigenvalue weighted by atomic mass is 10.3. The fraction of sp³-hybridized carbons (Fsp3) is 0.529. The molecule has 0 aliphatic heterocycles. The van der Waals surface area contributed by atoms with Crippen LogP contribution in [0, 0.1) is 5.92 Å². The van der Waals surface area contributed by atoms with Gasteiger partial charge in [-0.15, -0.1) is 0 Å². The van der Waals surface area contributed by atoms with Crippen LogP contribution in [0.3, 0.4) is 0 Å². The zero-order chi connectivity index (χ0) is 16.1. The SMILES string of the molecule is COC(=O)CCCN(C)C(=O)/C=C/c1ccc(C2CC2C)o1. The molecule has 1 aromatic heterocycles. The van der Waals surface area contributed by atoms with Gasteiger partial charge in [0.2, 0.25) is 5.91 Å². The normalized spacial score (nSPS) is 20.1. The molecular weight excluding hydrogens is 282 g/mol. The number of amides is 1. The molecule has 1 saturated carbocycles. The van der Waals surface area contributed by atoms with Crippen molar-refractivity contribution in [2.45, 2.75) is 32.1 Å². The molecule has 22 heavy (non-hydrogen) atoms. The van der Waals surface area contributed by atoms with Gasteiger partial charge in [-0.05, 0) is 37.0 Å². The molecule has 1 aliphatic carbocycles. The summed E-state index contributed by atoms with van der Waals surface area (Å²) in [5, 5.41) is 0. The third-order valence-corrected chi connectivity index (χ3v) is 3.99. The van der Waals surface area contributed by atoms with Crippen LogP contribution in [-0.2, 0) is 14.3 Å². The second-order valence-electron chi connectivity index (χ2n) is 5.83. The van der Waals surface area contributed by atoms with Crippen LogP contribution in [0.15, 0.2) is 22.6 Å². The summed E-state index contributed by atoms with van der Waals surface area (Å²) >= 11 is 0. The van der Waals surface area contributed by atoms with Crippen molar-refractivity contribution in [2.24, 2.45) is 5.92 Å². The molecule has 0 radical (unpaired) electrons. The molecule has 0 spiro atoms. The van der Waals surface area contributed by atoms with E-state index in [9.17, 15) is 9.59 Å². The van der Waals surface area contributed by atoms with E-state index in [-0.39, 0.29) is 11.9 Å². The molecular formula is C17H23NO4. The first-order valence-corrected chi connectivity index (χ1v) is 7.61. The van der Waals surface area contributed by atoms with Crippen molar-refractivity contribution >= 4 is 18.0 Å². The van der Waals surface area contributed by atoms with Crippen LogP contribution in [-0.4, -0.2) is 37.5 Å². The van der Waals surface area contributed by atoms with E-state index in [1.807, 2.05) is 12.1 Å². The van der Waals surface area contributed by atoms with Crippen molar-refractivity contribution in [3.8, 4) is 0 Å². The van der Waals surface area contributed by atoms with E-state index < -0.39 is 0 Å². The average molecular weight is 305 g/mol. The van der Waals surface area contributed by atoms with Crippen molar-refractivity contribution in [3.05, 3.63) is 29.7 Å². The summed E-state index contributed by atoms with van der Waals surface area (Å²) < 4.78 is 10.3. The van der Waals surface area contributed by atoms with Gasteiger partial charge in [0.1, 0.15) is 11.5 Å². The standard InChI is InChI=1S/C17H23NO4/c1-12-11-14(12)15-8-6-13(22-15)7-9-16(19)18(2)10-4-5-17(20)21-3/h6-9,12,14H,4-5,10-11H2,1-3H3/b9-7+. The quantitative estimate of drug-likeness (QED) is 0.574. The number of carbonyl (C=O) groups is 2. The topological polar surface area (TPSA) is 59.8 Å². The van der Waals surface area contributed by atoms with Gasteiger partial charge in [-0.1, -0.05) is 6.92 Å². The highest BCUT2D eigenvalue weighted by Crippen LogP contribution is 2.47. The molecule has 0 bridgehead atoms. The van der Waals surface area contributed by atoms with E-state index in [1.165, 1.54) is 19.6 Å². The van der Waals surface area contributed by atoms with Crippen molar-refractivity contribution in [3.63, 3.8) is 0 Å². The minimum absolute atomic E-state index is 0.109. The molecule has 1 fully saturated rings. The molecule has 0 N–H and O–H groups in total. The summed E-state index contributed by atoms with van der Waals surface area (Å²) in [6, 6.07) is 3.87. The predicted octanol–water partition coefficient (Wildman–Crippen LogP) is 2.83. The van der Waals surface area contributed by atoms with E-state index in [0.717, 1.165) is 5.76 Å². The third kappa shape index (κ3) is 4.48. The lowest BCUT2D eigenvalue weighted by molar-refractivity contribution is -0.141. The predicted molar refractivity (Wildman–Crippen MR) is 83.2 cm³/mol. The number of carbonyl (C=O) groups excluding carboxylic acids is 2. The summed E-state index contributed by atoms with van der Waals surface area (Å²) in [5.74, 6) is 2.58. The smallest absolute Gasteiger partial charge is 0.305 e. The fourth-order valence-electron chi connectivity index (χ4n) is 2.33. The van der Waals surface area contributed by atoms with Crippen molar-refractivity contribution in [1.82, 2.24) is 4.90 Å². The van der Waals surface area contributed by atoms with Gasteiger partial charge in [0, 0.05) is 32.0 Å². The second kappa shape index (κ2) is 7.29. The Hall–Kier alpha value is -2.04. The summed E-state index contributed by atoms with van der Waals surface area (Å²) in [6.07, 6.45) is 5.28. The van der Waals surface area contributed by atoms with Gasteiger partial charge in [0.15, 0.2) is 0 Å². The Bertz CT molecular complexity index is 561. The number of ether oxygens (including phenoxy) is 1. The number of methoxy groups -OCH3 is 1. The lowest BCUT2D eigenvalue weighted by Crippen LogP contribution is -2.26. The van der Waals surface area contributed by atoms with Crippen LogP contribution in [0.1, 0.15) is 43.6 Å². The number of esters is 1. The average Bonchev–Trinajstić information content (AvgIpc) is 3.05. The highest BCUT2D eigenvalue weighted by atomic mass is 16.5. The Kier molecular flexibility index (Phi) is 5.41. The maximum absolute atomic E-state index is 11.9. The number of nitrogens with zero attached hydrogens (tertiary/aromatic N) is 1. The summed E-state index contributed by atoms with van der Waals surface area (Å²) in [4.78, 5) is 24.5. The minimum atomic E-state index is -0.256. The molecule has 1 amide bonds. The van der Waals surface area contributed by atoms with Crippen LogP contribution in [0.5, 0.6) is 0 Å². The van der Waals surface area contributed by atoms with Crippen LogP contribution in [0.25, 0.3) is 6.08 Å². The van der Waals surface area contributed by atoms with Crippen molar-refractivity contribution < 1.29 is 18.7 Å². The Morgan fingerprint density at radius 3 is 2.82 bits per heavy atom. The van der Waals surface area contributed by atoms with Crippen molar-refractivity contribution in [2.75, 3.05) is 20.7 Å². The number of furan rings is 1. The van der Waals surface area contributed by atoms with Gasteiger partial charge in [-0.25, -0.2) is 0 Å².